The highest BCUT2D eigenvalue weighted by Crippen LogP contribution is 2.30. The van der Waals surface area contributed by atoms with E-state index in [1.165, 1.54) is 5.56 Å². The van der Waals surface area contributed by atoms with Gasteiger partial charge in [-0.1, -0.05) is 29.8 Å². The van der Waals surface area contributed by atoms with Crippen LogP contribution in [0, 0.1) is 6.92 Å². The monoisotopic (exact) mass is 335 g/mol. The predicted octanol–water partition coefficient (Wildman–Crippen LogP) is 5.47. The van der Waals surface area contributed by atoms with Crippen LogP contribution >= 0.6 is 15.9 Å². The van der Waals surface area contributed by atoms with Gasteiger partial charge in [0.05, 0.1) is 6.04 Å². The zero-order valence-electron chi connectivity index (χ0n) is 12.4. The minimum atomic E-state index is 0.305. The summed E-state index contributed by atoms with van der Waals surface area (Å²) in [6, 6.07) is 10.7. The Balaban J connectivity index is 2.23. The molecular formula is C17H22BrNO. The van der Waals surface area contributed by atoms with Crippen LogP contribution in [-0.4, -0.2) is 6.54 Å². The van der Waals surface area contributed by atoms with Crippen LogP contribution in [0.25, 0.3) is 11.3 Å². The summed E-state index contributed by atoms with van der Waals surface area (Å²) in [5.74, 6) is 1.97. The van der Waals surface area contributed by atoms with Crippen molar-refractivity contribution in [2.75, 3.05) is 6.54 Å². The predicted molar refractivity (Wildman–Crippen MR) is 87.9 cm³/mol. The molecule has 20 heavy (non-hydrogen) atoms. The van der Waals surface area contributed by atoms with Gasteiger partial charge < -0.3 is 9.73 Å². The SMILES string of the molecule is CCCNC(CC)c1ccc(-c2ccc(Br)cc2C)o1. The van der Waals surface area contributed by atoms with Crippen molar-refractivity contribution < 1.29 is 4.42 Å². The lowest BCUT2D eigenvalue weighted by Gasteiger charge is -2.13. The molecule has 0 bridgehead atoms. The highest BCUT2D eigenvalue weighted by Gasteiger charge is 2.14. The van der Waals surface area contributed by atoms with Gasteiger partial charge in [0.25, 0.3) is 0 Å². The Labute approximate surface area is 129 Å². The summed E-state index contributed by atoms with van der Waals surface area (Å²) < 4.78 is 7.16. The number of nitrogens with one attached hydrogen (secondary N) is 1. The van der Waals surface area contributed by atoms with Crippen molar-refractivity contribution in [3.05, 3.63) is 46.1 Å². The third kappa shape index (κ3) is 3.53. The van der Waals surface area contributed by atoms with E-state index < -0.39 is 0 Å². The van der Waals surface area contributed by atoms with Gasteiger partial charge in [-0.2, -0.15) is 0 Å². The van der Waals surface area contributed by atoms with Crippen molar-refractivity contribution in [1.29, 1.82) is 0 Å². The normalized spacial score (nSPS) is 12.6. The summed E-state index contributed by atoms with van der Waals surface area (Å²) in [5.41, 5.74) is 2.37. The summed E-state index contributed by atoms with van der Waals surface area (Å²) in [5, 5.41) is 3.52. The standard InChI is InChI=1S/C17H22BrNO/c1-4-10-19-15(5-2)17-9-8-16(20-17)14-7-6-13(18)11-12(14)3/h6-9,11,15,19H,4-5,10H2,1-3H3. The second kappa shape index (κ2) is 7.09. The molecule has 2 aromatic rings. The zero-order chi connectivity index (χ0) is 14.5. The number of rotatable bonds is 6. The van der Waals surface area contributed by atoms with Crippen molar-refractivity contribution in [3.63, 3.8) is 0 Å². The maximum atomic E-state index is 6.06. The molecule has 2 rings (SSSR count). The molecule has 0 radical (unpaired) electrons. The minimum Gasteiger partial charge on any atom is -0.459 e. The summed E-state index contributed by atoms with van der Waals surface area (Å²) in [6.07, 6.45) is 2.17. The summed E-state index contributed by atoms with van der Waals surface area (Å²) in [4.78, 5) is 0. The van der Waals surface area contributed by atoms with Gasteiger partial charge >= 0.3 is 0 Å². The number of hydrogen-bond acceptors (Lipinski definition) is 2. The second-order valence-corrected chi connectivity index (χ2v) is 5.99. The van der Waals surface area contributed by atoms with Crippen LogP contribution in [0.15, 0.2) is 39.2 Å². The molecule has 0 saturated carbocycles. The van der Waals surface area contributed by atoms with Crippen LogP contribution in [0.1, 0.15) is 44.1 Å². The Morgan fingerprint density at radius 1 is 1.20 bits per heavy atom. The van der Waals surface area contributed by atoms with Crippen LogP contribution < -0.4 is 5.32 Å². The summed E-state index contributed by atoms with van der Waals surface area (Å²) >= 11 is 3.50. The van der Waals surface area contributed by atoms with Crippen LogP contribution in [0.4, 0.5) is 0 Å². The average Bonchev–Trinajstić information content (AvgIpc) is 2.89. The molecule has 1 heterocycles. The van der Waals surface area contributed by atoms with Crippen LogP contribution in [0.2, 0.25) is 0 Å². The number of furan rings is 1. The third-order valence-corrected chi connectivity index (χ3v) is 3.97. The van der Waals surface area contributed by atoms with Crippen LogP contribution in [0.3, 0.4) is 0 Å². The fraction of sp³-hybridized carbons (Fsp3) is 0.412. The molecule has 0 saturated heterocycles. The quantitative estimate of drug-likeness (QED) is 0.757. The molecule has 2 nitrogen and oxygen atoms in total. The first-order valence-electron chi connectivity index (χ1n) is 7.25. The first-order chi connectivity index (χ1) is 9.65. The lowest BCUT2D eigenvalue weighted by atomic mass is 10.1. The van der Waals surface area contributed by atoms with Gasteiger partial charge in [0.1, 0.15) is 11.5 Å². The highest BCUT2D eigenvalue weighted by molar-refractivity contribution is 9.10. The minimum absolute atomic E-state index is 0.305. The fourth-order valence-electron chi connectivity index (χ4n) is 2.35. The highest BCUT2D eigenvalue weighted by atomic mass is 79.9. The molecule has 0 aliphatic carbocycles. The average molecular weight is 336 g/mol. The largest absolute Gasteiger partial charge is 0.459 e. The molecule has 0 spiro atoms. The van der Waals surface area contributed by atoms with Crippen molar-refractivity contribution in [2.45, 2.75) is 39.7 Å². The zero-order valence-corrected chi connectivity index (χ0v) is 14.0. The molecule has 3 heteroatoms. The lowest BCUT2D eigenvalue weighted by Crippen LogP contribution is -2.20. The maximum Gasteiger partial charge on any atom is 0.134 e. The maximum absolute atomic E-state index is 6.06. The Morgan fingerprint density at radius 2 is 2.00 bits per heavy atom. The molecule has 0 amide bonds. The van der Waals surface area contributed by atoms with E-state index in [0.29, 0.717) is 6.04 Å². The molecule has 0 aliphatic heterocycles. The van der Waals surface area contributed by atoms with E-state index in [2.05, 4.69) is 72.3 Å². The van der Waals surface area contributed by atoms with Crippen molar-refractivity contribution in [3.8, 4) is 11.3 Å². The topological polar surface area (TPSA) is 25.2 Å². The number of halogens is 1. The van der Waals surface area contributed by atoms with Gasteiger partial charge in [-0.05, 0) is 62.2 Å². The Morgan fingerprint density at radius 3 is 2.65 bits per heavy atom. The van der Waals surface area contributed by atoms with Crippen molar-refractivity contribution in [1.82, 2.24) is 5.32 Å². The third-order valence-electron chi connectivity index (χ3n) is 3.47. The molecule has 1 aromatic heterocycles. The lowest BCUT2D eigenvalue weighted by molar-refractivity contribution is 0.411. The molecular weight excluding hydrogens is 314 g/mol. The van der Waals surface area contributed by atoms with Gasteiger partial charge in [0, 0.05) is 10.0 Å². The first-order valence-corrected chi connectivity index (χ1v) is 8.04. The fourth-order valence-corrected chi connectivity index (χ4v) is 2.83. The smallest absolute Gasteiger partial charge is 0.134 e. The van der Waals surface area contributed by atoms with E-state index in [0.717, 1.165) is 40.9 Å². The molecule has 1 unspecified atom stereocenters. The molecule has 0 fully saturated rings. The van der Waals surface area contributed by atoms with E-state index >= 15 is 0 Å². The van der Waals surface area contributed by atoms with Gasteiger partial charge in [0.15, 0.2) is 0 Å². The van der Waals surface area contributed by atoms with E-state index in [4.69, 9.17) is 4.42 Å². The second-order valence-electron chi connectivity index (χ2n) is 5.08. The Kier molecular flexibility index (Phi) is 5.44. The van der Waals surface area contributed by atoms with Crippen LogP contribution in [-0.2, 0) is 0 Å². The molecule has 1 aromatic carbocycles. The molecule has 108 valence electrons. The van der Waals surface area contributed by atoms with Crippen molar-refractivity contribution in [2.24, 2.45) is 0 Å². The summed E-state index contributed by atoms with van der Waals surface area (Å²) in [7, 11) is 0. The Bertz CT molecular complexity index is 562. The number of benzene rings is 1. The summed E-state index contributed by atoms with van der Waals surface area (Å²) in [6.45, 7) is 7.49. The van der Waals surface area contributed by atoms with E-state index in [9.17, 15) is 0 Å². The van der Waals surface area contributed by atoms with Gasteiger partial charge in [0.2, 0.25) is 0 Å². The van der Waals surface area contributed by atoms with Crippen LogP contribution in [0.5, 0.6) is 0 Å². The molecule has 1 atom stereocenters. The first kappa shape index (κ1) is 15.3. The number of hydrogen-bond donors (Lipinski definition) is 1. The van der Waals surface area contributed by atoms with E-state index in [1.807, 2.05) is 0 Å². The molecule has 1 N–H and O–H groups in total. The van der Waals surface area contributed by atoms with E-state index in [-0.39, 0.29) is 0 Å². The molecule has 0 aliphatic rings. The number of aryl methyl sites for hydroxylation is 1. The van der Waals surface area contributed by atoms with E-state index in [1.54, 1.807) is 0 Å². The van der Waals surface area contributed by atoms with Gasteiger partial charge in [-0.15, -0.1) is 0 Å². The van der Waals surface area contributed by atoms with Gasteiger partial charge in [-0.3, -0.25) is 0 Å². The van der Waals surface area contributed by atoms with Gasteiger partial charge in [-0.25, -0.2) is 0 Å². The Hall–Kier alpha value is -1.06. The van der Waals surface area contributed by atoms with Crippen molar-refractivity contribution >= 4 is 15.9 Å².